The van der Waals surface area contributed by atoms with Crippen molar-refractivity contribution in [2.45, 2.75) is 0 Å². The van der Waals surface area contributed by atoms with E-state index in [1.807, 2.05) is 0 Å². The topological polar surface area (TPSA) is 120 Å². The van der Waals surface area contributed by atoms with Crippen LogP contribution in [0.15, 0.2) is 0 Å². The second-order valence-electron chi connectivity index (χ2n) is 0. The van der Waals surface area contributed by atoms with Gasteiger partial charge in [0.05, 0.1) is 0 Å². The molecule has 0 aliphatic carbocycles. The van der Waals surface area contributed by atoms with Crippen LogP contribution in [0.2, 0.25) is 0 Å². The van der Waals surface area contributed by atoms with Gasteiger partial charge < -0.3 is 21.9 Å². The molecule has 0 aliphatic heterocycles. The van der Waals surface area contributed by atoms with E-state index < -0.39 is 0 Å². The van der Waals surface area contributed by atoms with Gasteiger partial charge in [0.15, 0.2) is 0 Å². The fraction of sp³-hybridized carbons (Fsp3) is 0. The largest absolute Gasteiger partial charge is 3.00 e. The zero-order valence-corrected chi connectivity index (χ0v) is 8.54. The normalized spacial score (nSPS) is 0. The summed E-state index contributed by atoms with van der Waals surface area (Å²) in [5, 5.41) is 0. The maximum atomic E-state index is 0. The molecule has 0 saturated heterocycles. The molecule has 0 fully saturated rings. The van der Waals surface area contributed by atoms with Crippen molar-refractivity contribution in [1.82, 2.24) is 0 Å². The van der Waals surface area contributed by atoms with Gasteiger partial charge in [-0.05, 0) is 0 Å². The van der Waals surface area contributed by atoms with Crippen molar-refractivity contribution < 1.29 is 69.8 Å². The van der Waals surface area contributed by atoms with Gasteiger partial charge in [0, 0.05) is 21.7 Å². The van der Waals surface area contributed by atoms with Crippen molar-refractivity contribution in [2.75, 3.05) is 0 Å². The molecule has 7 heavy (non-hydrogen) atoms. The maximum absolute atomic E-state index is 0. The van der Waals surface area contributed by atoms with Gasteiger partial charge >= 0.3 is 43.6 Å². The van der Waals surface area contributed by atoms with Gasteiger partial charge in [-0.25, -0.2) is 0 Å². The number of hydrogen-bond donors (Lipinski definition) is 0. The van der Waals surface area contributed by atoms with E-state index in [-0.39, 0.29) is 87.2 Å². The second-order valence-corrected chi connectivity index (χ2v) is 0. The van der Waals surface area contributed by atoms with Crippen LogP contribution >= 0.6 is 0 Å². The zero-order valence-electron chi connectivity index (χ0n) is 3.37. The third-order valence-electron chi connectivity index (χ3n) is 0. The Kier molecular flexibility index (Phi) is 2090. The van der Waals surface area contributed by atoms with Crippen molar-refractivity contribution in [2.24, 2.45) is 0 Å². The van der Waals surface area contributed by atoms with Gasteiger partial charge in [-0.3, -0.25) is 0 Å². The molecule has 0 bridgehead atoms. The van der Waals surface area contributed by atoms with Crippen LogP contribution in [0.1, 0.15) is 0 Å². The van der Waals surface area contributed by atoms with Crippen molar-refractivity contribution in [3.8, 4) is 0 Å². The minimum Gasteiger partial charge on any atom is -0.870 e. The Labute approximate surface area is 86.4 Å². The quantitative estimate of drug-likeness (QED) is 0.494. The zero-order chi connectivity index (χ0) is 0. The molecule has 7 heteroatoms. The van der Waals surface area contributed by atoms with E-state index >= 15 is 0 Å². The van der Waals surface area contributed by atoms with Crippen LogP contribution in [0, 0.1) is 0 Å². The second kappa shape index (κ2) is 99.8. The molecule has 0 rings (SSSR count). The van der Waals surface area contributed by atoms with Crippen LogP contribution in [-0.4, -0.2) is 39.3 Å². The van der Waals surface area contributed by atoms with Crippen LogP contribution in [-0.2, 0) is 47.9 Å². The summed E-state index contributed by atoms with van der Waals surface area (Å²) in [6, 6.07) is 0. The summed E-state index contributed by atoms with van der Waals surface area (Å²) in [6.45, 7) is 0. The summed E-state index contributed by atoms with van der Waals surface area (Å²) in [7, 11) is 0. The Balaban J connectivity index is 0. The van der Waals surface area contributed by atoms with Crippen LogP contribution in [0.25, 0.3) is 0 Å². The summed E-state index contributed by atoms with van der Waals surface area (Å²) < 4.78 is 0. The van der Waals surface area contributed by atoms with Gasteiger partial charge in [0.25, 0.3) is 0 Å². The third kappa shape index (κ3) is 73.2. The summed E-state index contributed by atoms with van der Waals surface area (Å²) in [4.78, 5) is 0. The van der Waals surface area contributed by atoms with Gasteiger partial charge in [-0.15, -0.1) is 0 Å². The van der Waals surface area contributed by atoms with E-state index in [2.05, 4.69) is 0 Å². The first-order chi connectivity index (χ1) is 0. The van der Waals surface area contributed by atoms with E-state index in [0.29, 0.717) is 0 Å². The molecular formula is H4AlO4TiZr+. The maximum Gasteiger partial charge on any atom is 3.00 e. The van der Waals surface area contributed by atoms with E-state index in [9.17, 15) is 0 Å². The third-order valence-corrected chi connectivity index (χ3v) is 0. The van der Waals surface area contributed by atoms with Gasteiger partial charge in [0.2, 0.25) is 0 Å². The number of rotatable bonds is 0. The summed E-state index contributed by atoms with van der Waals surface area (Å²) >= 11 is 0. The van der Waals surface area contributed by atoms with Gasteiger partial charge in [0.1, 0.15) is 0 Å². The predicted octanol–water partition coefficient (Wildman–Crippen LogP) is -1.09. The Morgan fingerprint density at radius 3 is 0.571 bits per heavy atom. The first-order valence-corrected chi connectivity index (χ1v) is 0. The minimum atomic E-state index is 0. The molecule has 0 atom stereocenters. The molecule has 0 heterocycles. The molecule has 0 spiro atoms. The van der Waals surface area contributed by atoms with Crippen molar-refractivity contribution in [1.29, 1.82) is 0 Å². The average molecular weight is 234 g/mol. The summed E-state index contributed by atoms with van der Waals surface area (Å²) in [5.74, 6) is 0. The number of hydrogen-bond acceptors (Lipinski definition) is 4. The van der Waals surface area contributed by atoms with Crippen molar-refractivity contribution in [3.05, 3.63) is 0 Å². The van der Waals surface area contributed by atoms with Crippen LogP contribution in [0.5, 0.6) is 0 Å². The fourth-order valence-corrected chi connectivity index (χ4v) is 0. The molecule has 0 aliphatic rings. The Morgan fingerprint density at radius 2 is 0.571 bits per heavy atom. The molecule has 0 radical (unpaired) electrons. The Morgan fingerprint density at radius 1 is 0.571 bits per heavy atom. The SMILES string of the molecule is [Al+3].[OH-].[OH-].[OH-].[OH-].[Ti].[Zr+2]. The first kappa shape index (κ1) is 147. The minimum absolute atomic E-state index is 0. The summed E-state index contributed by atoms with van der Waals surface area (Å²) in [6.07, 6.45) is 0. The van der Waals surface area contributed by atoms with Gasteiger partial charge in [-0.1, -0.05) is 0 Å². The molecule has 4 nitrogen and oxygen atoms in total. The molecule has 4 N–H and O–H groups in total. The van der Waals surface area contributed by atoms with E-state index in [1.54, 1.807) is 0 Å². The smallest absolute Gasteiger partial charge is 0.870 e. The molecular weight excluding hydrogens is 230 g/mol. The molecule has 0 aromatic rings. The standard InChI is InChI=1S/Al.4H2O.Ti.Zr/h;4*1H2;;/q+3;;;;;;+2/p-4. The van der Waals surface area contributed by atoms with Crippen LogP contribution < -0.4 is 0 Å². The van der Waals surface area contributed by atoms with E-state index in [4.69, 9.17) is 0 Å². The van der Waals surface area contributed by atoms with E-state index in [1.165, 1.54) is 0 Å². The molecule has 0 saturated carbocycles. The predicted molar refractivity (Wildman–Crippen MR) is 13.5 cm³/mol. The molecule has 0 aromatic heterocycles. The van der Waals surface area contributed by atoms with E-state index in [0.717, 1.165) is 0 Å². The van der Waals surface area contributed by atoms with Crippen molar-refractivity contribution in [3.63, 3.8) is 0 Å². The van der Waals surface area contributed by atoms with Gasteiger partial charge in [-0.2, -0.15) is 0 Å². The monoisotopic (exact) mass is 233 g/mol. The average Bonchev–Trinajstić information content (AvgIpc) is 0. The van der Waals surface area contributed by atoms with Crippen molar-refractivity contribution >= 4 is 17.4 Å². The van der Waals surface area contributed by atoms with Crippen LogP contribution in [0.4, 0.5) is 0 Å². The molecule has 0 unspecified atom stereocenters. The molecule has 0 amide bonds. The molecule has 38 valence electrons. The van der Waals surface area contributed by atoms with Crippen LogP contribution in [0.3, 0.4) is 0 Å². The summed E-state index contributed by atoms with van der Waals surface area (Å²) in [5.41, 5.74) is 0. The molecule has 0 aromatic carbocycles. The fourth-order valence-electron chi connectivity index (χ4n) is 0. The Hall–Kier alpha value is 1.97. The first-order valence-electron chi connectivity index (χ1n) is 0. The Bertz CT molecular complexity index is 11.7.